The normalized spacial score (nSPS) is 22.7. The van der Waals surface area contributed by atoms with Gasteiger partial charge >= 0.3 is 0 Å². The SMILES string of the molecule is O=C1c2ccccc2N2C(=O)CC[C@@]2(C(=O)[O-])N1c1ccc2c(c1)OCCO2. The van der Waals surface area contributed by atoms with Crippen LogP contribution in [0.25, 0.3) is 0 Å². The summed E-state index contributed by atoms with van der Waals surface area (Å²) in [5, 5.41) is 12.4. The van der Waals surface area contributed by atoms with E-state index in [2.05, 4.69) is 0 Å². The van der Waals surface area contributed by atoms with E-state index in [0.29, 0.717) is 30.4 Å². The molecule has 2 aromatic rings. The number of hydrogen-bond acceptors (Lipinski definition) is 6. The highest BCUT2D eigenvalue weighted by atomic mass is 16.6. The summed E-state index contributed by atoms with van der Waals surface area (Å²) in [7, 11) is 0. The lowest BCUT2D eigenvalue weighted by atomic mass is 9.95. The monoisotopic (exact) mass is 379 g/mol. The summed E-state index contributed by atoms with van der Waals surface area (Å²) in [4.78, 5) is 40.7. The van der Waals surface area contributed by atoms with Gasteiger partial charge in [-0.2, -0.15) is 0 Å². The molecule has 1 atom stereocenters. The van der Waals surface area contributed by atoms with Gasteiger partial charge < -0.3 is 19.4 Å². The third-order valence-electron chi connectivity index (χ3n) is 5.37. The van der Waals surface area contributed by atoms with Crippen LogP contribution in [0.2, 0.25) is 0 Å². The molecule has 0 bridgehead atoms. The molecular weight excluding hydrogens is 364 g/mol. The van der Waals surface area contributed by atoms with Crippen LogP contribution in [0.15, 0.2) is 42.5 Å². The summed E-state index contributed by atoms with van der Waals surface area (Å²) in [5.41, 5.74) is -1.09. The number of amides is 2. The minimum atomic E-state index is -1.92. The van der Waals surface area contributed by atoms with Gasteiger partial charge in [0.05, 0.1) is 22.9 Å². The molecule has 2 aromatic carbocycles. The molecule has 0 N–H and O–H groups in total. The van der Waals surface area contributed by atoms with Crippen molar-refractivity contribution >= 4 is 29.2 Å². The van der Waals surface area contributed by atoms with Crippen molar-refractivity contribution in [3.05, 3.63) is 48.0 Å². The van der Waals surface area contributed by atoms with E-state index in [1.54, 1.807) is 42.5 Å². The summed E-state index contributed by atoms with van der Waals surface area (Å²) in [6.45, 7) is 0.761. The first kappa shape index (κ1) is 16.6. The van der Waals surface area contributed by atoms with Crippen LogP contribution in [-0.2, 0) is 9.59 Å². The van der Waals surface area contributed by atoms with E-state index in [4.69, 9.17) is 9.47 Å². The number of benzene rings is 2. The highest BCUT2D eigenvalue weighted by molar-refractivity contribution is 6.22. The maximum absolute atomic E-state index is 13.4. The van der Waals surface area contributed by atoms with Crippen LogP contribution in [0.1, 0.15) is 23.2 Å². The fourth-order valence-electron chi connectivity index (χ4n) is 4.18. The predicted molar refractivity (Wildman–Crippen MR) is 95.1 cm³/mol. The maximum atomic E-state index is 13.4. The molecule has 5 rings (SSSR count). The number of carbonyl (C=O) groups is 3. The van der Waals surface area contributed by atoms with Crippen LogP contribution in [0.4, 0.5) is 11.4 Å². The first-order valence-corrected chi connectivity index (χ1v) is 8.92. The number of fused-ring (bicyclic) bond motifs is 4. The Morgan fingerprint density at radius 1 is 1.00 bits per heavy atom. The lowest BCUT2D eigenvalue weighted by molar-refractivity contribution is -0.312. The first-order valence-electron chi connectivity index (χ1n) is 8.92. The molecule has 2 amide bonds. The molecule has 0 unspecified atom stereocenters. The van der Waals surface area contributed by atoms with Crippen molar-refractivity contribution in [3.63, 3.8) is 0 Å². The second-order valence-corrected chi connectivity index (χ2v) is 6.82. The van der Waals surface area contributed by atoms with Gasteiger partial charge in [0.15, 0.2) is 17.2 Å². The summed E-state index contributed by atoms with van der Waals surface area (Å²) in [6.07, 6.45) is -0.0701. The van der Waals surface area contributed by atoms with Crippen molar-refractivity contribution in [1.29, 1.82) is 0 Å². The summed E-state index contributed by atoms with van der Waals surface area (Å²) in [5.74, 6) is -1.45. The number of aliphatic carboxylic acids is 1. The molecule has 3 aliphatic heterocycles. The molecule has 28 heavy (non-hydrogen) atoms. The largest absolute Gasteiger partial charge is 0.545 e. The summed E-state index contributed by atoms with van der Waals surface area (Å²) in [6, 6.07) is 11.3. The van der Waals surface area contributed by atoms with Crippen LogP contribution in [0.5, 0.6) is 11.5 Å². The average molecular weight is 379 g/mol. The van der Waals surface area contributed by atoms with E-state index in [-0.39, 0.29) is 30.0 Å². The van der Waals surface area contributed by atoms with Crippen LogP contribution >= 0.6 is 0 Å². The third kappa shape index (κ3) is 2.02. The number of hydrogen-bond donors (Lipinski definition) is 0. The fourth-order valence-corrected chi connectivity index (χ4v) is 4.18. The van der Waals surface area contributed by atoms with Crippen LogP contribution in [0, 0.1) is 0 Å². The van der Waals surface area contributed by atoms with Gasteiger partial charge in [-0.3, -0.25) is 19.4 Å². The Kier molecular flexibility index (Phi) is 3.39. The van der Waals surface area contributed by atoms with Crippen molar-refractivity contribution < 1.29 is 29.0 Å². The quantitative estimate of drug-likeness (QED) is 0.761. The zero-order valence-electron chi connectivity index (χ0n) is 14.7. The minimum Gasteiger partial charge on any atom is -0.545 e. The molecule has 142 valence electrons. The van der Waals surface area contributed by atoms with Gasteiger partial charge in [0.25, 0.3) is 5.91 Å². The number of ether oxygens (including phenoxy) is 2. The second kappa shape index (κ2) is 5.72. The van der Waals surface area contributed by atoms with Crippen molar-refractivity contribution in [3.8, 4) is 11.5 Å². The minimum absolute atomic E-state index is 0.00333. The molecule has 8 heteroatoms. The van der Waals surface area contributed by atoms with Crippen molar-refractivity contribution in [2.45, 2.75) is 18.5 Å². The molecule has 1 saturated heterocycles. The Bertz CT molecular complexity index is 1040. The Hall–Kier alpha value is -3.55. The van der Waals surface area contributed by atoms with Gasteiger partial charge in [-0.15, -0.1) is 0 Å². The molecule has 0 spiro atoms. The molecule has 1 fully saturated rings. The first-order chi connectivity index (χ1) is 13.5. The van der Waals surface area contributed by atoms with Crippen molar-refractivity contribution in [2.24, 2.45) is 0 Å². The number of nitrogens with zero attached hydrogens (tertiary/aromatic N) is 2. The van der Waals surface area contributed by atoms with E-state index in [0.717, 1.165) is 4.90 Å². The van der Waals surface area contributed by atoms with E-state index < -0.39 is 17.5 Å². The predicted octanol–water partition coefficient (Wildman–Crippen LogP) is 0.691. The Labute approximate surface area is 159 Å². The lowest BCUT2D eigenvalue weighted by Gasteiger charge is -2.50. The number of carboxylic acids is 1. The molecular formula is C20H15N2O6-. The van der Waals surface area contributed by atoms with Gasteiger partial charge in [-0.05, 0) is 24.3 Å². The zero-order valence-corrected chi connectivity index (χ0v) is 14.7. The van der Waals surface area contributed by atoms with E-state index in [1.165, 1.54) is 4.90 Å². The van der Waals surface area contributed by atoms with Gasteiger partial charge in [0.1, 0.15) is 13.2 Å². The molecule has 0 saturated carbocycles. The van der Waals surface area contributed by atoms with E-state index in [9.17, 15) is 19.5 Å². The molecule has 0 radical (unpaired) electrons. The van der Waals surface area contributed by atoms with Gasteiger partial charge in [-0.25, -0.2) is 0 Å². The smallest absolute Gasteiger partial charge is 0.262 e. The van der Waals surface area contributed by atoms with Crippen molar-refractivity contribution in [2.75, 3.05) is 23.0 Å². The molecule has 0 aromatic heterocycles. The topological polar surface area (TPSA) is 99.2 Å². The number of carbonyl (C=O) groups excluding carboxylic acids is 3. The van der Waals surface area contributed by atoms with E-state index in [1.807, 2.05) is 0 Å². The van der Waals surface area contributed by atoms with Crippen molar-refractivity contribution in [1.82, 2.24) is 0 Å². The van der Waals surface area contributed by atoms with Gasteiger partial charge in [0, 0.05) is 18.9 Å². The van der Waals surface area contributed by atoms with Crippen LogP contribution in [0.3, 0.4) is 0 Å². The highest BCUT2D eigenvalue weighted by Crippen LogP contribution is 2.47. The number of anilines is 2. The maximum Gasteiger partial charge on any atom is 0.262 e. The van der Waals surface area contributed by atoms with E-state index >= 15 is 0 Å². The summed E-state index contributed by atoms with van der Waals surface area (Å²) < 4.78 is 11.1. The number of rotatable bonds is 2. The average Bonchev–Trinajstić information content (AvgIpc) is 3.06. The highest BCUT2D eigenvalue weighted by Gasteiger charge is 2.58. The van der Waals surface area contributed by atoms with Gasteiger partial charge in [0.2, 0.25) is 5.91 Å². The number of carboxylic acid groups (broad SMARTS) is 1. The second-order valence-electron chi connectivity index (χ2n) is 6.82. The Morgan fingerprint density at radius 3 is 2.54 bits per heavy atom. The lowest BCUT2D eigenvalue weighted by Crippen LogP contribution is -2.71. The molecule has 3 aliphatic rings. The number of para-hydroxylation sites is 1. The Morgan fingerprint density at radius 2 is 1.75 bits per heavy atom. The van der Waals surface area contributed by atoms with Gasteiger partial charge in [-0.1, -0.05) is 12.1 Å². The fraction of sp³-hybridized carbons (Fsp3) is 0.250. The molecule has 0 aliphatic carbocycles. The zero-order chi connectivity index (χ0) is 19.5. The molecule has 3 heterocycles. The van der Waals surface area contributed by atoms with Crippen LogP contribution in [-0.4, -0.2) is 36.7 Å². The summed E-state index contributed by atoms with van der Waals surface area (Å²) >= 11 is 0. The molecule has 8 nitrogen and oxygen atoms in total. The third-order valence-corrected chi connectivity index (χ3v) is 5.37. The Balaban J connectivity index is 1.75. The standard InChI is InChI=1S/C20H16N2O6/c23-17-7-8-20(19(25)26)21(12-5-6-15-16(11-12)28-10-9-27-15)18(24)13-3-1-2-4-14(13)22(17)20/h1-6,11H,7-10H2,(H,25,26)/p-1/t20-/m1/s1. The van der Waals surface area contributed by atoms with Crippen LogP contribution < -0.4 is 24.4 Å².